The first-order valence-electron chi connectivity index (χ1n) is 4.94. The van der Waals surface area contributed by atoms with Crippen LogP contribution in [0.2, 0.25) is 0 Å². The van der Waals surface area contributed by atoms with Crippen LogP contribution in [-0.2, 0) is 16.3 Å². The standard InChI is InChI=1S/C10H17NO3S/c1-3-8-4-5-10(14-8)9(11)6-7-15(2,12)13/h4-5,9H,3,6-7,11H2,1-2H3. The van der Waals surface area contributed by atoms with Crippen molar-refractivity contribution in [1.82, 2.24) is 0 Å². The average Bonchev–Trinajstić information content (AvgIpc) is 2.61. The minimum Gasteiger partial charge on any atom is -0.464 e. The van der Waals surface area contributed by atoms with Crippen LogP contribution in [0.5, 0.6) is 0 Å². The number of hydrogen-bond donors (Lipinski definition) is 1. The molecule has 0 saturated carbocycles. The predicted octanol–water partition coefficient (Wildman–Crippen LogP) is 1.28. The molecule has 86 valence electrons. The van der Waals surface area contributed by atoms with Crippen LogP contribution in [0.15, 0.2) is 16.5 Å². The van der Waals surface area contributed by atoms with Gasteiger partial charge in [0.15, 0.2) is 0 Å². The Hall–Kier alpha value is -0.810. The lowest BCUT2D eigenvalue weighted by molar-refractivity contribution is 0.431. The van der Waals surface area contributed by atoms with E-state index in [2.05, 4.69) is 0 Å². The van der Waals surface area contributed by atoms with Crippen molar-refractivity contribution in [2.75, 3.05) is 12.0 Å². The summed E-state index contributed by atoms with van der Waals surface area (Å²) in [5.74, 6) is 1.63. The molecule has 1 aromatic rings. The first kappa shape index (κ1) is 12.3. The van der Waals surface area contributed by atoms with Crippen LogP contribution in [0.1, 0.15) is 30.9 Å². The van der Waals surface area contributed by atoms with E-state index in [1.54, 1.807) is 0 Å². The summed E-state index contributed by atoms with van der Waals surface area (Å²) < 4.78 is 27.3. The number of nitrogens with two attached hydrogens (primary N) is 1. The molecule has 15 heavy (non-hydrogen) atoms. The van der Waals surface area contributed by atoms with Crippen molar-refractivity contribution in [2.24, 2.45) is 5.73 Å². The molecule has 5 heteroatoms. The van der Waals surface area contributed by atoms with Gasteiger partial charge in [0.1, 0.15) is 21.4 Å². The highest BCUT2D eigenvalue weighted by atomic mass is 32.2. The Labute approximate surface area is 90.4 Å². The summed E-state index contributed by atoms with van der Waals surface area (Å²) in [5.41, 5.74) is 5.81. The van der Waals surface area contributed by atoms with E-state index in [1.165, 1.54) is 6.26 Å². The third-order valence-corrected chi connectivity index (χ3v) is 3.17. The van der Waals surface area contributed by atoms with Gasteiger partial charge >= 0.3 is 0 Å². The van der Waals surface area contributed by atoms with Gasteiger partial charge in [-0.2, -0.15) is 0 Å². The van der Waals surface area contributed by atoms with Crippen molar-refractivity contribution in [3.8, 4) is 0 Å². The molecule has 2 N–H and O–H groups in total. The number of furan rings is 1. The Morgan fingerprint density at radius 2 is 2.13 bits per heavy atom. The van der Waals surface area contributed by atoms with E-state index in [0.717, 1.165) is 12.2 Å². The Kier molecular flexibility index (Phi) is 3.93. The molecule has 0 bridgehead atoms. The van der Waals surface area contributed by atoms with Crippen LogP contribution in [0.3, 0.4) is 0 Å². The zero-order valence-electron chi connectivity index (χ0n) is 9.06. The molecule has 0 saturated heterocycles. The maximum absolute atomic E-state index is 10.9. The van der Waals surface area contributed by atoms with Crippen LogP contribution >= 0.6 is 0 Å². The highest BCUT2D eigenvalue weighted by Crippen LogP contribution is 2.18. The predicted molar refractivity (Wildman–Crippen MR) is 59.3 cm³/mol. The fourth-order valence-electron chi connectivity index (χ4n) is 1.27. The van der Waals surface area contributed by atoms with Crippen molar-refractivity contribution in [3.05, 3.63) is 23.7 Å². The van der Waals surface area contributed by atoms with Crippen LogP contribution in [0.4, 0.5) is 0 Å². The van der Waals surface area contributed by atoms with Gasteiger partial charge in [-0.15, -0.1) is 0 Å². The molecule has 4 nitrogen and oxygen atoms in total. The first-order valence-corrected chi connectivity index (χ1v) is 7.00. The summed E-state index contributed by atoms with van der Waals surface area (Å²) in [5, 5.41) is 0. The Balaban J connectivity index is 2.57. The van der Waals surface area contributed by atoms with Crippen molar-refractivity contribution < 1.29 is 12.8 Å². The van der Waals surface area contributed by atoms with Crippen LogP contribution in [-0.4, -0.2) is 20.4 Å². The van der Waals surface area contributed by atoms with E-state index in [9.17, 15) is 8.42 Å². The van der Waals surface area contributed by atoms with Crippen LogP contribution in [0.25, 0.3) is 0 Å². The quantitative estimate of drug-likeness (QED) is 0.828. The van der Waals surface area contributed by atoms with Gasteiger partial charge in [-0.25, -0.2) is 8.42 Å². The highest BCUT2D eigenvalue weighted by Gasteiger charge is 2.13. The third kappa shape index (κ3) is 4.05. The summed E-state index contributed by atoms with van der Waals surface area (Å²) in [4.78, 5) is 0. The average molecular weight is 231 g/mol. The molecule has 1 rings (SSSR count). The molecule has 0 aliphatic heterocycles. The zero-order valence-corrected chi connectivity index (χ0v) is 9.88. The summed E-state index contributed by atoms with van der Waals surface area (Å²) in [6.45, 7) is 1.99. The van der Waals surface area contributed by atoms with Gasteiger partial charge in [0.2, 0.25) is 0 Å². The third-order valence-electron chi connectivity index (χ3n) is 2.20. The van der Waals surface area contributed by atoms with E-state index < -0.39 is 9.84 Å². The molecule has 0 aromatic carbocycles. The number of rotatable bonds is 5. The van der Waals surface area contributed by atoms with E-state index in [4.69, 9.17) is 10.2 Å². The maximum atomic E-state index is 10.9. The fraction of sp³-hybridized carbons (Fsp3) is 0.600. The Morgan fingerprint density at radius 3 is 2.60 bits per heavy atom. The number of sulfone groups is 1. The SMILES string of the molecule is CCc1ccc(C(N)CCS(C)(=O)=O)o1. The Bertz CT molecular complexity index is 408. The van der Waals surface area contributed by atoms with Gasteiger partial charge in [-0.05, 0) is 18.6 Å². The van der Waals surface area contributed by atoms with Crippen molar-refractivity contribution >= 4 is 9.84 Å². The van der Waals surface area contributed by atoms with Crippen molar-refractivity contribution in [2.45, 2.75) is 25.8 Å². The monoisotopic (exact) mass is 231 g/mol. The molecule has 0 spiro atoms. The van der Waals surface area contributed by atoms with Crippen molar-refractivity contribution in [3.63, 3.8) is 0 Å². The lowest BCUT2D eigenvalue weighted by Gasteiger charge is -2.07. The second kappa shape index (κ2) is 4.81. The van der Waals surface area contributed by atoms with Gasteiger partial charge in [0.05, 0.1) is 11.8 Å². The minimum atomic E-state index is -2.95. The largest absolute Gasteiger partial charge is 0.464 e. The fourth-order valence-corrected chi connectivity index (χ4v) is 1.95. The molecule has 0 fully saturated rings. The van der Waals surface area contributed by atoms with Crippen LogP contribution < -0.4 is 5.73 Å². The van der Waals surface area contributed by atoms with Gasteiger partial charge in [-0.3, -0.25) is 0 Å². The molecule has 1 atom stereocenters. The van der Waals surface area contributed by atoms with Gasteiger partial charge < -0.3 is 10.2 Å². The molecule has 1 unspecified atom stereocenters. The van der Waals surface area contributed by atoms with E-state index in [1.807, 2.05) is 19.1 Å². The molecule has 1 heterocycles. The summed E-state index contributed by atoms with van der Waals surface area (Å²) in [6.07, 6.45) is 2.42. The Morgan fingerprint density at radius 1 is 1.47 bits per heavy atom. The molecule has 0 aliphatic carbocycles. The molecule has 0 radical (unpaired) electrons. The second-order valence-electron chi connectivity index (χ2n) is 3.68. The highest BCUT2D eigenvalue weighted by molar-refractivity contribution is 7.90. The normalized spacial score (nSPS) is 14.1. The maximum Gasteiger partial charge on any atom is 0.147 e. The summed E-state index contributed by atoms with van der Waals surface area (Å²) in [7, 11) is -2.95. The lowest BCUT2D eigenvalue weighted by Crippen LogP contribution is -2.15. The van der Waals surface area contributed by atoms with Crippen LogP contribution in [0, 0.1) is 0 Å². The smallest absolute Gasteiger partial charge is 0.147 e. The van der Waals surface area contributed by atoms with E-state index in [0.29, 0.717) is 12.2 Å². The number of aryl methyl sites for hydroxylation is 1. The molecule has 1 aromatic heterocycles. The van der Waals surface area contributed by atoms with Gasteiger partial charge in [0, 0.05) is 12.7 Å². The van der Waals surface area contributed by atoms with Crippen molar-refractivity contribution in [1.29, 1.82) is 0 Å². The second-order valence-corrected chi connectivity index (χ2v) is 5.94. The minimum absolute atomic E-state index is 0.0936. The molecule has 0 aliphatic rings. The van der Waals surface area contributed by atoms with Gasteiger partial charge in [-0.1, -0.05) is 6.92 Å². The zero-order chi connectivity index (χ0) is 11.5. The lowest BCUT2D eigenvalue weighted by atomic mass is 10.2. The van der Waals surface area contributed by atoms with Gasteiger partial charge in [0.25, 0.3) is 0 Å². The van der Waals surface area contributed by atoms with E-state index >= 15 is 0 Å². The topological polar surface area (TPSA) is 73.3 Å². The number of hydrogen-bond acceptors (Lipinski definition) is 4. The molecule has 0 amide bonds. The van der Waals surface area contributed by atoms with E-state index in [-0.39, 0.29) is 11.8 Å². The molecular weight excluding hydrogens is 214 g/mol. The summed E-state index contributed by atoms with van der Waals surface area (Å²) >= 11 is 0. The summed E-state index contributed by atoms with van der Waals surface area (Å²) in [6, 6.07) is 3.35. The molecular formula is C10H17NO3S. The first-order chi connectivity index (χ1) is 6.92.